The number of carbonyl (C=O) groups is 1. The maximum absolute atomic E-state index is 14.4. The molecule has 3 aliphatic heterocycles. The molecule has 0 radical (unpaired) electrons. The summed E-state index contributed by atoms with van der Waals surface area (Å²) in [6.45, 7) is 5.03. The lowest BCUT2D eigenvalue weighted by Gasteiger charge is -2.30. The van der Waals surface area contributed by atoms with Gasteiger partial charge in [0.1, 0.15) is 5.82 Å². The first-order valence-electron chi connectivity index (χ1n) is 11.4. The van der Waals surface area contributed by atoms with Gasteiger partial charge >= 0.3 is 0 Å². The minimum atomic E-state index is -0.996. The fourth-order valence-corrected chi connectivity index (χ4v) is 4.48. The van der Waals surface area contributed by atoms with E-state index in [0.29, 0.717) is 23.7 Å². The molecule has 11 heteroatoms. The van der Waals surface area contributed by atoms with Crippen molar-refractivity contribution in [1.29, 1.82) is 0 Å². The largest absolute Gasteiger partial charge is 0.474 e. The van der Waals surface area contributed by atoms with Crippen LogP contribution in [0.25, 0.3) is 0 Å². The summed E-state index contributed by atoms with van der Waals surface area (Å²) in [5.41, 5.74) is 0.928. The van der Waals surface area contributed by atoms with Gasteiger partial charge in [-0.15, -0.1) is 0 Å². The normalized spacial score (nSPS) is 21.8. The van der Waals surface area contributed by atoms with Crippen molar-refractivity contribution >= 4 is 40.7 Å². The highest BCUT2D eigenvalue weighted by Crippen LogP contribution is 2.35. The summed E-state index contributed by atoms with van der Waals surface area (Å²) in [5, 5.41) is 8.65. The molecule has 0 saturated carbocycles. The first-order chi connectivity index (χ1) is 16.8. The zero-order valence-electron chi connectivity index (χ0n) is 19.2. The first-order valence-corrected chi connectivity index (χ1v) is 11.4. The van der Waals surface area contributed by atoms with Crippen LogP contribution < -0.4 is 25.6 Å². The van der Waals surface area contributed by atoms with E-state index >= 15 is 0 Å². The molecule has 0 spiro atoms. The molecule has 3 aliphatic rings. The van der Waals surface area contributed by atoms with E-state index in [9.17, 15) is 9.18 Å². The van der Waals surface area contributed by atoms with Crippen LogP contribution in [0.2, 0.25) is 0 Å². The van der Waals surface area contributed by atoms with Gasteiger partial charge in [-0.1, -0.05) is 0 Å². The zero-order valence-corrected chi connectivity index (χ0v) is 19.2. The predicted molar refractivity (Wildman–Crippen MR) is 128 cm³/mol. The third-order valence-electron chi connectivity index (χ3n) is 6.35. The van der Waals surface area contributed by atoms with Crippen LogP contribution in [-0.4, -0.2) is 51.8 Å². The summed E-state index contributed by atoms with van der Waals surface area (Å²) in [6, 6.07) is 11.7. The predicted octanol–water partition coefficient (Wildman–Crippen LogP) is 3.58. The molecule has 6 rings (SSSR count). The summed E-state index contributed by atoms with van der Waals surface area (Å²) in [7, 11) is 0. The Bertz CT molecular complexity index is 1300. The van der Waals surface area contributed by atoms with Crippen molar-refractivity contribution in [1.82, 2.24) is 15.0 Å². The van der Waals surface area contributed by atoms with E-state index in [4.69, 9.17) is 9.47 Å². The first kappa shape index (κ1) is 21.5. The standard InChI is InChI=1S/C24H24FN7O3/c1-24(2)22(33)30-21-18(35-24)7-8-19(29-21)28-20-17(25)10-26-23(31-20)27-13-3-5-14(6-4-13)32-11-16-9-15(32)12-34-16/h3-8,10,15-16H,9,11-12H2,1-2H3,(H3,26,27,28,29,30,31,33)/t15-,16+/m1/s1. The number of fused-ring (bicyclic) bond motifs is 3. The van der Waals surface area contributed by atoms with Crippen molar-refractivity contribution in [2.75, 3.05) is 34.0 Å². The van der Waals surface area contributed by atoms with Gasteiger partial charge in [0.2, 0.25) is 5.95 Å². The van der Waals surface area contributed by atoms with E-state index in [-0.39, 0.29) is 23.5 Å². The molecule has 0 aliphatic carbocycles. The zero-order chi connectivity index (χ0) is 24.2. The van der Waals surface area contributed by atoms with E-state index in [1.807, 2.05) is 24.3 Å². The second-order valence-electron chi connectivity index (χ2n) is 9.29. The number of hydrogen-bond donors (Lipinski definition) is 3. The maximum Gasteiger partial charge on any atom is 0.269 e. The Kier molecular flexibility index (Phi) is 4.95. The van der Waals surface area contributed by atoms with Gasteiger partial charge < -0.3 is 30.3 Å². The highest BCUT2D eigenvalue weighted by molar-refractivity contribution is 5.99. The Labute approximate surface area is 200 Å². The average Bonchev–Trinajstić information content (AvgIpc) is 3.47. The van der Waals surface area contributed by atoms with E-state index < -0.39 is 11.4 Å². The van der Waals surface area contributed by atoms with Crippen molar-refractivity contribution in [2.24, 2.45) is 0 Å². The Morgan fingerprint density at radius 1 is 1.14 bits per heavy atom. The Morgan fingerprint density at radius 2 is 1.97 bits per heavy atom. The van der Waals surface area contributed by atoms with Gasteiger partial charge in [-0.05, 0) is 56.7 Å². The Morgan fingerprint density at radius 3 is 2.71 bits per heavy atom. The number of halogens is 1. The number of morpholine rings is 1. The Balaban J connectivity index is 1.16. The van der Waals surface area contributed by atoms with Crippen LogP contribution >= 0.6 is 0 Å². The van der Waals surface area contributed by atoms with Crippen LogP contribution in [0.15, 0.2) is 42.6 Å². The van der Waals surface area contributed by atoms with Crippen molar-refractivity contribution in [3.8, 4) is 5.75 Å². The maximum atomic E-state index is 14.4. The number of ether oxygens (including phenoxy) is 2. The molecule has 1 amide bonds. The molecule has 5 heterocycles. The van der Waals surface area contributed by atoms with Gasteiger partial charge in [0, 0.05) is 17.9 Å². The van der Waals surface area contributed by atoms with Gasteiger partial charge in [-0.25, -0.2) is 14.4 Å². The lowest BCUT2D eigenvalue weighted by atomic mass is 10.1. The number of nitrogens with one attached hydrogen (secondary N) is 3. The average molecular weight is 478 g/mol. The number of carbonyl (C=O) groups excluding carboxylic acids is 1. The van der Waals surface area contributed by atoms with Crippen LogP contribution in [0.4, 0.5) is 39.2 Å². The van der Waals surface area contributed by atoms with Crippen LogP contribution in [0, 0.1) is 5.82 Å². The molecule has 1 aromatic carbocycles. The lowest BCUT2D eigenvalue weighted by molar-refractivity contribution is -0.129. The molecule has 2 aromatic heterocycles. The Hall–Kier alpha value is -3.99. The van der Waals surface area contributed by atoms with Crippen molar-refractivity contribution in [3.63, 3.8) is 0 Å². The SMILES string of the molecule is CC1(C)Oc2ccc(Nc3nc(Nc4ccc(N5C[C@@H]6C[C@@H]5CO6)cc4)ncc3F)nc2NC1=O. The minimum absolute atomic E-state index is 0.0527. The van der Waals surface area contributed by atoms with Gasteiger partial charge in [-0.2, -0.15) is 4.98 Å². The second-order valence-corrected chi connectivity index (χ2v) is 9.29. The quantitative estimate of drug-likeness (QED) is 0.507. The smallest absolute Gasteiger partial charge is 0.269 e. The molecule has 2 fully saturated rings. The van der Waals surface area contributed by atoms with Gasteiger partial charge in [0.05, 0.1) is 24.9 Å². The minimum Gasteiger partial charge on any atom is -0.474 e. The number of rotatable bonds is 5. The molecule has 10 nitrogen and oxygen atoms in total. The summed E-state index contributed by atoms with van der Waals surface area (Å²) in [5.74, 6) is 0.205. The lowest BCUT2D eigenvalue weighted by Crippen LogP contribution is -2.46. The van der Waals surface area contributed by atoms with E-state index in [0.717, 1.165) is 37.1 Å². The molecule has 3 N–H and O–H groups in total. The molecule has 2 bridgehead atoms. The highest BCUT2D eigenvalue weighted by atomic mass is 19.1. The third-order valence-corrected chi connectivity index (χ3v) is 6.35. The molecule has 0 unspecified atom stereocenters. The number of benzene rings is 1. The number of pyridine rings is 1. The molecular formula is C24H24FN7O3. The molecule has 2 saturated heterocycles. The number of aromatic nitrogens is 3. The van der Waals surface area contributed by atoms with E-state index in [1.54, 1.807) is 26.0 Å². The number of anilines is 6. The fraction of sp³-hybridized carbons (Fsp3) is 0.333. The van der Waals surface area contributed by atoms with Crippen LogP contribution in [0.5, 0.6) is 5.75 Å². The van der Waals surface area contributed by atoms with Crippen LogP contribution in [0.3, 0.4) is 0 Å². The van der Waals surface area contributed by atoms with Crippen molar-refractivity contribution in [3.05, 3.63) is 48.4 Å². The topological polar surface area (TPSA) is 114 Å². The molecule has 3 aromatic rings. The summed E-state index contributed by atoms with van der Waals surface area (Å²) < 4.78 is 25.8. The number of hydrogen-bond acceptors (Lipinski definition) is 9. The summed E-state index contributed by atoms with van der Waals surface area (Å²) in [6.07, 6.45) is 2.49. The monoisotopic (exact) mass is 477 g/mol. The number of nitrogens with zero attached hydrogens (tertiary/aromatic N) is 4. The number of amides is 1. The molecule has 180 valence electrons. The van der Waals surface area contributed by atoms with Crippen molar-refractivity contribution < 1.29 is 18.7 Å². The second kappa shape index (κ2) is 8.05. The summed E-state index contributed by atoms with van der Waals surface area (Å²) in [4.78, 5) is 27.1. The van der Waals surface area contributed by atoms with Gasteiger partial charge in [0.25, 0.3) is 5.91 Å². The van der Waals surface area contributed by atoms with Crippen molar-refractivity contribution in [2.45, 2.75) is 38.0 Å². The fourth-order valence-electron chi connectivity index (χ4n) is 4.48. The van der Waals surface area contributed by atoms with Crippen LogP contribution in [0.1, 0.15) is 20.3 Å². The summed E-state index contributed by atoms with van der Waals surface area (Å²) >= 11 is 0. The molecule has 35 heavy (non-hydrogen) atoms. The van der Waals surface area contributed by atoms with Gasteiger partial charge in [-0.3, -0.25) is 4.79 Å². The molecular weight excluding hydrogens is 453 g/mol. The van der Waals surface area contributed by atoms with E-state index in [1.165, 1.54) is 0 Å². The molecule has 2 atom stereocenters. The van der Waals surface area contributed by atoms with E-state index in [2.05, 4.69) is 35.8 Å². The third kappa shape index (κ3) is 4.08. The van der Waals surface area contributed by atoms with Gasteiger partial charge in [0.15, 0.2) is 28.8 Å². The van der Waals surface area contributed by atoms with Crippen LogP contribution in [-0.2, 0) is 9.53 Å². The highest BCUT2D eigenvalue weighted by Gasteiger charge is 2.39.